The molecule has 1 aromatic heterocycles. The minimum atomic E-state index is -1.12. The molecule has 0 aliphatic heterocycles. The normalized spacial score (nSPS) is 14.6. The van der Waals surface area contributed by atoms with Gasteiger partial charge in [-0.3, -0.25) is 4.79 Å². The molecular weight excluding hydrogens is 524 g/mol. The van der Waals surface area contributed by atoms with E-state index < -0.39 is 17.7 Å². The van der Waals surface area contributed by atoms with Gasteiger partial charge in [0, 0.05) is 42.7 Å². The summed E-state index contributed by atoms with van der Waals surface area (Å²) in [7, 11) is 0. The fourth-order valence-corrected chi connectivity index (χ4v) is 5.76. The number of rotatable bonds is 11. The zero-order chi connectivity index (χ0) is 27.8. The van der Waals surface area contributed by atoms with Crippen LogP contribution in [-0.4, -0.2) is 45.5 Å². The molecule has 3 aromatic rings. The van der Waals surface area contributed by atoms with Gasteiger partial charge in [0.15, 0.2) is 0 Å². The first kappa shape index (κ1) is 28.6. The maximum Gasteiger partial charge on any atom is 0.404 e. The van der Waals surface area contributed by atoms with Crippen molar-refractivity contribution in [1.82, 2.24) is 14.8 Å². The number of hydrogen-bond donors (Lipinski definition) is 2. The lowest BCUT2D eigenvalue weighted by molar-refractivity contribution is -0.132. The Morgan fingerprint density at radius 3 is 2.51 bits per heavy atom. The van der Waals surface area contributed by atoms with Gasteiger partial charge >= 0.3 is 6.09 Å². The molecule has 1 aliphatic rings. The molecular formula is C30H34ClF2N3O3. The number of amides is 2. The van der Waals surface area contributed by atoms with Gasteiger partial charge in [-0.1, -0.05) is 49.6 Å². The fourth-order valence-electron chi connectivity index (χ4n) is 5.61. The van der Waals surface area contributed by atoms with Crippen molar-refractivity contribution in [1.29, 1.82) is 0 Å². The molecule has 208 valence electrons. The third kappa shape index (κ3) is 7.38. The molecule has 4 rings (SSSR count). The summed E-state index contributed by atoms with van der Waals surface area (Å²) in [6, 6.07) is 14.8. The number of nitrogens with one attached hydrogen (secondary N) is 1. The molecule has 2 N–H and O–H groups in total. The van der Waals surface area contributed by atoms with Crippen LogP contribution in [0, 0.1) is 17.6 Å². The summed E-state index contributed by atoms with van der Waals surface area (Å²) >= 11 is 6.09. The maximum atomic E-state index is 14.9. The number of carbonyl (C=O) groups excluding carboxylic acids is 1. The zero-order valence-electron chi connectivity index (χ0n) is 21.8. The van der Waals surface area contributed by atoms with Gasteiger partial charge in [-0.2, -0.15) is 0 Å². The summed E-state index contributed by atoms with van der Waals surface area (Å²) in [4.78, 5) is 26.0. The molecule has 1 aliphatic carbocycles. The molecule has 1 unspecified atom stereocenters. The Hall–Kier alpha value is -3.39. The molecule has 0 bridgehead atoms. The summed E-state index contributed by atoms with van der Waals surface area (Å²) in [5.74, 6) is -1.36. The number of nitrogens with zero attached hydrogens (tertiary/aromatic N) is 2. The largest absolute Gasteiger partial charge is 0.465 e. The molecule has 6 nitrogen and oxygen atoms in total. The third-order valence-electron chi connectivity index (χ3n) is 7.39. The second-order valence-corrected chi connectivity index (χ2v) is 10.3. The number of halogens is 3. The second-order valence-electron chi connectivity index (χ2n) is 10.0. The van der Waals surface area contributed by atoms with Gasteiger partial charge in [-0.15, -0.1) is 11.6 Å². The predicted molar refractivity (Wildman–Crippen MR) is 148 cm³/mol. The van der Waals surface area contributed by atoms with E-state index in [4.69, 9.17) is 16.7 Å². The highest BCUT2D eigenvalue weighted by molar-refractivity contribution is 6.27. The molecule has 0 radical (unpaired) electrons. The molecule has 1 fully saturated rings. The first-order valence-corrected chi connectivity index (χ1v) is 13.9. The first-order valence-electron chi connectivity index (χ1n) is 13.4. The van der Waals surface area contributed by atoms with Gasteiger partial charge in [0.1, 0.15) is 17.5 Å². The molecule has 1 saturated carbocycles. The molecule has 0 saturated heterocycles. The lowest BCUT2D eigenvalue weighted by atomic mass is 9.81. The Balaban J connectivity index is 1.81. The van der Waals surface area contributed by atoms with E-state index in [1.807, 2.05) is 47.2 Å². The van der Waals surface area contributed by atoms with Crippen LogP contribution in [0.25, 0.3) is 11.1 Å². The summed E-state index contributed by atoms with van der Waals surface area (Å²) in [5, 5.41) is 11.3. The molecule has 9 heteroatoms. The van der Waals surface area contributed by atoms with Crippen LogP contribution in [0.1, 0.15) is 55.8 Å². The lowest BCUT2D eigenvalue weighted by Gasteiger charge is -2.39. The van der Waals surface area contributed by atoms with E-state index in [0.717, 1.165) is 55.5 Å². The van der Waals surface area contributed by atoms with Crippen molar-refractivity contribution in [2.24, 2.45) is 5.92 Å². The summed E-state index contributed by atoms with van der Waals surface area (Å²) in [6.07, 6.45) is 6.17. The van der Waals surface area contributed by atoms with Crippen molar-refractivity contribution in [3.8, 4) is 11.1 Å². The van der Waals surface area contributed by atoms with Crippen LogP contribution >= 0.6 is 11.6 Å². The van der Waals surface area contributed by atoms with E-state index in [1.165, 1.54) is 6.07 Å². The van der Waals surface area contributed by atoms with Crippen molar-refractivity contribution in [3.63, 3.8) is 0 Å². The second kappa shape index (κ2) is 13.6. The van der Waals surface area contributed by atoms with Gasteiger partial charge in [0.05, 0.1) is 6.04 Å². The maximum absolute atomic E-state index is 14.9. The Morgan fingerprint density at radius 1 is 1.08 bits per heavy atom. The van der Waals surface area contributed by atoms with Crippen LogP contribution < -0.4 is 5.32 Å². The highest BCUT2D eigenvalue weighted by Gasteiger charge is 2.35. The number of carbonyl (C=O) groups is 2. The van der Waals surface area contributed by atoms with Crippen molar-refractivity contribution < 1.29 is 23.5 Å². The number of benzene rings is 2. The topological polar surface area (TPSA) is 74.6 Å². The number of carboxylic acid groups (broad SMARTS) is 1. The number of hydrogen-bond acceptors (Lipinski definition) is 2. The summed E-state index contributed by atoms with van der Waals surface area (Å²) < 4.78 is 31.1. The highest BCUT2D eigenvalue weighted by atomic mass is 35.5. The lowest BCUT2D eigenvalue weighted by Crippen LogP contribution is -2.42. The van der Waals surface area contributed by atoms with Crippen molar-refractivity contribution in [2.45, 2.75) is 51.1 Å². The van der Waals surface area contributed by atoms with E-state index in [1.54, 1.807) is 4.90 Å². The Kier molecular flexibility index (Phi) is 9.98. The Labute approximate surface area is 232 Å². The molecule has 2 aromatic carbocycles. The molecule has 39 heavy (non-hydrogen) atoms. The average molecular weight is 558 g/mol. The van der Waals surface area contributed by atoms with Gasteiger partial charge in [-0.05, 0) is 55.0 Å². The SMILES string of the molecule is O=C(O)NCCCN(C(=O)CCl)C(c1cc(-c2cc(F)ccc2F)cn1Cc1ccccc1)C1CCCCC1. The third-order valence-corrected chi connectivity index (χ3v) is 7.62. The smallest absolute Gasteiger partial charge is 0.404 e. The minimum Gasteiger partial charge on any atom is -0.465 e. The van der Waals surface area contributed by atoms with Crippen molar-refractivity contribution in [3.05, 3.63) is 83.7 Å². The van der Waals surface area contributed by atoms with E-state index in [-0.39, 0.29) is 35.9 Å². The average Bonchev–Trinajstić information content (AvgIpc) is 3.34. The van der Waals surface area contributed by atoms with Crippen LogP contribution in [-0.2, 0) is 11.3 Å². The minimum absolute atomic E-state index is 0.146. The first-order chi connectivity index (χ1) is 18.9. The van der Waals surface area contributed by atoms with Crippen molar-refractivity contribution >= 4 is 23.6 Å². The quantitative estimate of drug-likeness (QED) is 0.200. The fraction of sp³-hybridized carbons (Fsp3) is 0.400. The molecule has 2 amide bonds. The van der Waals surface area contributed by atoms with Crippen LogP contribution in [0.5, 0.6) is 0 Å². The highest BCUT2D eigenvalue weighted by Crippen LogP contribution is 2.41. The molecule has 1 atom stereocenters. The number of alkyl halides is 1. The molecule has 1 heterocycles. The Bertz CT molecular complexity index is 1260. The zero-order valence-corrected chi connectivity index (χ0v) is 22.5. The van der Waals surface area contributed by atoms with Crippen LogP contribution in [0.4, 0.5) is 13.6 Å². The van der Waals surface area contributed by atoms with Gasteiger partial charge < -0.3 is 19.9 Å². The summed E-state index contributed by atoms with van der Waals surface area (Å²) in [6.45, 7) is 0.997. The van der Waals surface area contributed by atoms with Crippen LogP contribution in [0.15, 0.2) is 60.8 Å². The van der Waals surface area contributed by atoms with Gasteiger partial charge in [0.2, 0.25) is 5.91 Å². The van der Waals surface area contributed by atoms with Gasteiger partial charge in [-0.25, -0.2) is 13.6 Å². The summed E-state index contributed by atoms with van der Waals surface area (Å²) in [5.41, 5.74) is 2.55. The standard InChI is InChI=1S/C30H34ClF2N3O3/c31-18-28(37)36(15-7-14-34-30(38)39)29(22-10-5-2-6-11-22)27-16-23(25-17-24(32)12-13-26(25)33)20-35(27)19-21-8-3-1-4-9-21/h1,3-4,8-9,12-13,16-17,20,22,29,34H,2,5-7,10-11,14-15,18-19H2,(H,38,39). The monoisotopic (exact) mass is 557 g/mol. The van der Waals surface area contributed by atoms with E-state index in [2.05, 4.69) is 5.32 Å². The van der Waals surface area contributed by atoms with E-state index in [9.17, 15) is 18.4 Å². The predicted octanol–water partition coefficient (Wildman–Crippen LogP) is 6.83. The van der Waals surface area contributed by atoms with Crippen LogP contribution in [0.2, 0.25) is 0 Å². The van der Waals surface area contributed by atoms with Gasteiger partial charge in [0.25, 0.3) is 0 Å². The molecule has 0 spiro atoms. The van der Waals surface area contributed by atoms with Crippen LogP contribution in [0.3, 0.4) is 0 Å². The Morgan fingerprint density at radius 2 is 1.82 bits per heavy atom. The number of aromatic nitrogens is 1. The van der Waals surface area contributed by atoms with E-state index >= 15 is 0 Å². The van der Waals surface area contributed by atoms with Crippen molar-refractivity contribution in [2.75, 3.05) is 19.0 Å². The van der Waals surface area contributed by atoms with E-state index in [0.29, 0.717) is 25.1 Å².